The minimum atomic E-state index is 0.415. The number of nitrogens with one attached hydrogen (secondary N) is 1. The number of hydrogen-bond acceptors (Lipinski definition) is 8. The van der Waals surface area contributed by atoms with Crippen LogP contribution < -0.4 is 10.2 Å². The van der Waals surface area contributed by atoms with E-state index in [9.17, 15) is 0 Å². The van der Waals surface area contributed by atoms with Gasteiger partial charge in [0.15, 0.2) is 0 Å². The zero-order valence-electron chi connectivity index (χ0n) is 14.3. The van der Waals surface area contributed by atoms with Gasteiger partial charge in [0.1, 0.15) is 5.82 Å². The normalized spacial score (nSPS) is 21.6. The Morgan fingerprint density at radius 1 is 1.08 bits per heavy atom. The van der Waals surface area contributed by atoms with Gasteiger partial charge in [-0.2, -0.15) is 20.0 Å². The lowest BCUT2D eigenvalue weighted by atomic mass is 10.2. The van der Waals surface area contributed by atoms with Crippen LogP contribution in [0.3, 0.4) is 0 Å². The summed E-state index contributed by atoms with van der Waals surface area (Å²) in [4.78, 5) is 15.4. The smallest absolute Gasteiger partial charge is 0.227 e. The minimum absolute atomic E-state index is 0.415. The maximum absolute atomic E-state index is 5.39. The first-order chi connectivity index (χ1) is 12.4. The maximum atomic E-state index is 5.39. The summed E-state index contributed by atoms with van der Waals surface area (Å²) < 4.78 is 5.39. The molecule has 2 aliphatic heterocycles. The van der Waals surface area contributed by atoms with Crippen LogP contribution in [0.1, 0.15) is 6.42 Å². The Hall–Kier alpha value is -2.26. The van der Waals surface area contributed by atoms with Crippen LogP contribution in [0.15, 0.2) is 24.7 Å². The molecular weight excluding hydrogens is 320 g/mol. The monoisotopic (exact) mass is 344 g/mol. The van der Waals surface area contributed by atoms with Crippen molar-refractivity contribution in [1.29, 1.82) is 0 Å². The third kappa shape index (κ3) is 4.23. The van der Waals surface area contributed by atoms with Crippen LogP contribution >= 0.6 is 0 Å². The first-order valence-electron chi connectivity index (χ1n) is 8.85. The molecule has 1 N–H and O–H groups in total. The van der Waals surface area contributed by atoms with Crippen LogP contribution in [-0.4, -0.2) is 81.8 Å². The molecule has 2 aromatic heterocycles. The van der Waals surface area contributed by atoms with Crippen LogP contribution in [0.4, 0.5) is 11.8 Å². The highest BCUT2D eigenvalue weighted by atomic mass is 16.5. The summed E-state index contributed by atoms with van der Waals surface area (Å²) in [6.07, 6.45) is 6.38. The average molecular weight is 344 g/mol. The molecule has 2 fully saturated rings. The molecule has 2 aliphatic rings. The first kappa shape index (κ1) is 16.2. The summed E-state index contributed by atoms with van der Waals surface area (Å²) in [5.41, 5.74) is 0. The Bertz CT molecular complexity index is 658. The largest absolute Gasteiger partial charge is 0.378 e. The molecule has 0 amide bonds. The van der Waals surface area contributed by atoms with Gasteiger partial charge in [-0.05, 0) is 12.5 Å². The molecule has 25 heavy (non-hydrogen) atoms. The second-order valence-electron chi connectivity index (χ2n) is 6.40. The molecule has 4 rings (SSSR count). The van der Waals surface area contributed by atoms with E-state index in [1.54, 1.807) is 17.2 Å². The highest BCUT2D eigenvalue weighted by molar-refractivity contribution is 5.42. The van der Waals surface area contributed by atoms with Crippen molar-refractivity contribution >= 4 is 11.8 Å². The van der Waals surface area contributed by atoms with Crippen LogP contribution in [0.25, 0.3) is 0 Å². The average Bonchev–Trinajstić information content (AvgIpc) is 3.33. The van der Waals surface area contributed by atoms with Gasteiger partial charge >= 0.3 is 0 Å². The second kappa shape index (κ2) is 7.75. The van der Waals surface area contributed by atoms with E-state index in [0.717, 1.165) is 70.7 Å². The van der Waals surface area contributed by atoms with Crippen molar-refractivity contribution in [1.82, 2.24) is 29.9 Å². The second-order valence-corrected chi connectivity index (χ2v) is 6.40. The first-order valence-corrected chi connectivity index (χ1v) is 8.85. The van der Waals surface area contributed by atoms with Crippen LogP contribution in [0, 0.1) is 0 Å². The van der Waals surface area contributed by atoms with Crippen molar-refractivity contribution < 1.29 is 4.74 Å². The molecule has 9 heteroatoms. The van der Waals surface area contributed by atoms with Crippen molar-refractivity contribution in [3.8, 4) is 0 Å². The summed E-state index contributed by atoms with van der Waals surface area (Å²) in [5.74, 6) is 1.69. The Kier molecular flexibility index (Phi) is 5.03. The zero-order chi connectivity index (χ0) is 16.9. The predicted octanol–water partition coefficient (Wildman–Crippen LogP) is 0.0911. The quantitative estimate of drug-likeness (QED) is 0.789. The Labute approximate surface area is 147 Å². The van der Waals surface area contributed by atoms with Crippen molar-refractivity contribution in [3.63, 3.8) is 0 Å². The third-order valence-electron chi connectivity index (χ3n) is 4.64. The number of hydrogen-bond donors (Lipinski definition) is 1. The van der Waals surface area contributed by atoms with Gasteiger partial charge in [0.05, 0.1) is 32.2 Å². The molecule has 2 aromatic rings. The Morgan fingerprint density at radius 3 is 2.76 bits per heavy atom. The molecule has 9 nitrogen and oxygen atoms in total. The van der Waals surface area contributed by atoms with E-state index in [4.69, 9.17) is 4.74 Å². The van der Waals surface area contributed by atoms with Crippen LogP contribution in [0.2, 0.25) is 0 Å². The molecule has 0 bridgehead atoms. The van der Waals surface area contributed by atoms with Crippen LogP contribution in [0.5, 0.6) is 0 Å². The van der Waals surface area contributed by atoms with Gasteiger partial charge in [0, 0.05) is 45.0 Å². The SMILES string of the molecule is c1cc(NC2CCN(CCn3nccn3)C2)nc(N2CCOCC2)n1. The summed E-state index contributed by atoms with van der Waals surface area (Å²) in [6.45, 7) is 7.07. The lowest BCUT2D eigenvalue weighted by Gasteiger charge is -2.27. The molecular formula is C16H24N8O. The molecule has 0 aliphatic carbocycles. The van der Waals surface area contributed by atoms with Gasteiger partial charge in [-0.25, -0.2) is 4.98 Å². The van der Waals surface area contributed by atoms with Gasteiger partial charge < -0.3 is 15.0 Å². The topological polar surface area (TPSA) is 84.2 Å². The van der Waals surface area contributed by atoms with E-state index in [-0.39, 0.29) is 0 Å². The number of morpholine rings is 1. The van der Waals surface area contributed by atoms with E-state index in [2.05, 4.69) is 35.3 Å². The molecule has 0 radical (unpaired) electrons. The number of anilines is 2. The van der Waals surface area contributed by atoms with Crippen molar-refractivity contribution in [3.05, 3.63) is 24.7 Å². The predicted molar refractivity (Wildman–Crippen MR) is 93.6 cm³/mol. The fourth-order valence-electron chi connectivity index (χ4n) is 3.30. The van der Waals surface area contributed by atoms with E-state index < -0.39 is 0 Å². The highest BCUT2D eigenvalue weighted by Gasteiger charge is 2.23. The van der Waals surface area contributed by atoms with Gasteiger partial charge in [0.25, 0.3) is 0 Å². The number of likely N-dealkylation sites (tertiary alicyclic amines) is 1. The summed E-state index contributed by atoms with van der Waals surface area (Å²) >= 11 is 0. The molecule has 134 valence electrons. The number of rotatable bonds is 6. The van der Waals surface area contributed by atoms with Gasteiger partial charge in [-0.1, -0.05) is 0 Å². The number of aromatic nitrogens is 5. The zero-order valence-corrected chi connectivity index (χ0v) is 14.3. The molecule has 1 atom stereocenters. The fraction of sp³-hybridized carbons (Fsp3) is 0.625. The molecule has 4 heterocycles. The summed E-state index contributed by atoms with van der Waals surface area (Å²) in [5, 5.41) is 11.9. The lowest BCUT2D eigenvalue weighted by Crippen LogP contribution is -2.37. The molecule has 0 spiro atoms. The highest BCUT2D eigenvalue weighted by Crippen LogP contribution is 2.17. The van der Waals surface area contributed by atoms with Crippen molar-refractivity contribution in [2.75, 3.05) is 56.2 Å². The van der Waals surface area contributed by atoms with E-state index in [0.29, 0.717) is 6.04 Å². The van der Waals surface area contributed by atoms with E-state index in [1.165, 1.54) is 0 Å². The molecule has 0 aromatic carbocycles. The number of ether oxygens (including phenoxy) is 1. The Balaban J connectivity index is 1.29. The molecule has 0 saturated carbocycles. The van der Waals surface area contributed by atoms with E-state index >= 15 is 0 Å². The minimum Gasteiger partial charge on any atom is -0.378 e. The van der Waals surface area contributed by atoms with Crippen molar-refractivity contribution in [2.45, 2.75) is 19.0 Å². The van der Waals surface area contributed by atoms with Gasteiger partial charge in [0.2, 0.25) is 5.95 Å². The van der Waals surface area contributed by atoms with Gasteiger partial charge in [-0.3, -0.25) is 4.90 Å². The summed E-state index contributed by atoms with van der Waals surface area (Å²) in [6, 6.07) is 2.36. The molecule has 1 unspecified atom stereocenters. The fourth-order valence-corrected chi connectivity index (χ4v) is 3.30. The van der Waals surface area contributed by atoms with E-state index in [1.807, 2.05) is 12.3 Å². The number of nitrogens with zero attached hydrogens (tertiary/aromatic N) is 7. The Morgan fingerprint density at radius 2 is 1.92 bits per heavy atom. The standard InChI is InChI=1S/C16H24N8O/c1-3-17-16(23-9-11-25-12-10-23)21-15(1)20-14-2-6-22(13-14)7-8-24-18-4-5-19-24/h1,3-5,14H,2,6-13H2,(H,17,20,21). The molecule has 2 saturated heterocycles. The lowest BCUT2D eigenvalue weighted by molar-refractivity contribution is 0.122. The maximum Gasteiger partial charge on any atom is 0.227 e. The van der Waals surface area contributed by atoms with Gasteiger partial charge in [-0.15, -0.1) is 0 Å². The third-order valence-corrected chi connectivity index (χ3v) is 4.64. The van der Waals surface area contributed by atoms with Crippen LogP contribution in [-0.2, 0) is 11.3 Å². The summed E-state index contributed by atoms with van der Waals surface area (Å²) in [7, 11) is 0. The van der Waals surface area contributed by atoms with Crippen molar-refractivity contribution in [2.24, 2.45) is 0 Å².